The van der Waals surface area contributed by atoms with Gasteiger partial charge in [0.05, 0.1) is 18.9 Å². The molecule has 12 rings (SSSR count). The van der Waals surface area contributed by atoms with E-state index in [-0.39, 0.29) is 65.0 Å². The van der Waals surface area contributed by atoms with Crippen LogP contribution in [0.2, 0.25) is 0 Å². The first-order chi connectivity index (χ1) is 28.7. The minimum atomic E-state index is -0.623. The fourth-order valence-corrected chi connectivity index (χ4v) is 12.3. The van der Waals surface area contributed by atoms with Crippen molar-refractivity contribution in [1.29, 1.82) is 0 Å². The molecule has 61 heavy (non-hydrogen) atoms. The second-order valence-corrected chi connectivity index (χ2v) is 19.6. The molecule has 8 aliphatic rings. The third kappa shape index (κ3) is 7.97. The van der Waals surface area contributed by atoms with E-state index in [0.717, 1.165) is 108 Å². The van der Waals surface area contributed by atoms with Gasteiger partial charge in [-0.2, -0.15) is 0 Å². The molecule has 0 bridgehead atoms. The smallest absolute Gasteiger partial charge is 0.870 e. The van der Waals surface area contributed by atoms with Crippen molar-refractivity contribution in [2.24, 2.45) is 22.7 Å². The van der Waals surface area contributed by atoms with Crippen molar-refractivity contribution in [3.8, 4) is 11.5 Å². The normalized spacial score (nSPS) is 27.8. The quantitative estimate of drug-likeness (QED) is 0.195. The number of aliphatic carboxylic acids is 1. The first kappa shape index (κ1) is 42.6. The van der Waals surface area contributed by atoms with Gasteiger partial charge in [-0.15, -0.1) is 0 Å². The second-order valence-electron chi connectivity index (χ2n) is 19.6. The van der Waals surface area contributed by atoms with Gasteiger partial charge in [-0.05, 0) is 146 Å². The Hall–Kier alpha value is -3.70. The van der Waals surface area contributed by atoms with E-state index in [2.05, 4.69) is 94.7 Å². The monoisotopic (exact) mass is 832 g/mol. The summed E-state index contributed by atoms with van der Waals surface area (Å²) in [6.07, 6.45) is 12.9. The summed E-state index contributed by atoms with van der Waals surface area (Å²) in [5.74, 6) is 1.37. The zero-order valence-corrected chi connectivity index (χ0v) is 37.7. The Morgan fingerprint density at radius 2 is 1.02 bits per heavy atom. The van der Waals surface area contributed by atoms with Crippen LogP contribution in [0.3, 0.4) is 0 Å². The van der Waals surface area contributed by atoms with Gasteiger partial charge in [-0.3, -0.25) is 19.4 Å². The summed E-state index contributed by atoms with van der Waals surface area (Å²) in [6, 6.07) is 31.8. The first-order valence-corrected chi connectivity index (χ1v) is 22.2. The molecular weight excluding hydrogens is 776 g/mol. The van der Waals surface area contributed by atoms with Crippen LogP contribution in [0.4, 0.5) is 0 Å². The molecule has 0 aromatic heterocycles. The van der Waals surface area contributed by atoms with Gasteiger partial charge in [-0.25, -0.2) is 0 Å². The number of carboxylic acids is 1. The fraction of sp³-hybridized carbons (Fsp3) is 0.490. The first-order valence-electron chi connectivity index (χ1n) is 22.2. The molecule has 4 aromatic carbocycles. The maximum Gasteiger partial charge on any atom is 1.00 e. The minimum Gasteiger partial charge on any atom is -0.870 e. The zero-order valence-electron chi connectivity index (χ0n) is 35.7. The summed E-state index contributed by atoms with van der Waals surface area (Å²) < 4.78 is 17.7. The number of carbonyl (C=O) groups is 2. The number of carboxylic acid groups (broad SMARTS) is 1. The number of fused-ring (bicyclic) bond motifs is 4. The topological polar surface area (TPSA) is 119 Å². The molecular formula is C51H57N2NaO7. The molecule has 6 aliphatic carbocycles. The van der Waals surface area contributed by atoms with Crippen LogP contribution in [-0.4, -0.2) is 77.7 Å². The largest absolute Gasteiger partial charge is 1.00 e. The molecule has 2 unspecified atom stereocenters. The van der Waals surface area contributed by atoms with E-state index in [1.165, 1.54) is 58.0 Å². The molecule has 2 saturated carbocycles. The standard InChI is InChI=1S/C26H29NO3.C25H27NO3.Na.H2O/c1-29-25(28)19-10-21(11-19)27-15-26(16-27)13-18-6-8-22(12-20(18)14-26)30-24-9-7-17-4-2-3-5-23(17)24;27-24(28)18-9-20(10-18)26-14-25(15-26)12-17-5-7-21(11-19(17)13-25)29-23-8-6-16-3-1-2-4-22(16)23;;/h2-6,8,12,19,21,24H,7,9-11,13-16H2,1H3;1-5,7,11,18,20,23H,6,8-10,12-15H2,(H,27,28);;1H2/q;;+1;/p-1. The van der Waals surface area contributed by atoms with Crippen molar-refractivity contribution in [1.82, 2.24) is 9.80 Å². The Morgan fingerprint density at radius 1 is 0.590 bits per heavy atom. The molecule has 2 aliphatic heterocycles. The second kappa shape index (κ2) is 16.8. The van der Waals surface area contributed by atoms with E-state index in [4.69, 9.17) is 19.3 Å². The van der Waals surface area contributed by atoms with Crippen molar-refractivity contribution in [2.45, 2.75) is 101 Å². The van der Waals surface area contributed by atoms with Crippen LogP contribution in [0.5, 0.6) is 11.5 Å². The minimum absolute atomic E-state index is 0. The number of methoxy groups -OCH3 is 1. The van der Waals surface area contributed by atoms with Gasteiger partial charge in [0.1, 0.15) is 23.7 Å². The van der Waals surface area contributed by atoms with Crippen molar-refractivity contribution >= 4 is 11.9 Å². The van der Waals surface area contributed by atoms with Gasteiger partial charge in [0.2, 0.25) is 0 Å². The van der Waals surface area contributed by atoms with Crippen LogP contribution < -0.4 is 39.0 Å². The van der Waals surface area contributed by atoms with Crippen LogP contribution in [0, 0.1) is 22.7 Å². The van der Waals surface area contributed by atoms with Gasteiger partial charge in [-0.1, -0.05) is 60.7 Å². The number of hydrogen-bond donors (Lipinski definition) is 1. The van der Waals surface area contributed by atoms with Gasteiger partial charge in [0.25, 0.3) is 0 Å². The van der Waals surface area contributed by atoms with Crippen molar-refractivity contribution in [2.75, 3.05) is 33.3 Å². The molecule has 4 fully saturated rings. The van der Waals surface area contributed by atoms with Crippen LogP contribution in [0.15, 0.2) is 84.9 Å². The van der Waals surface area contributed by atoms with Gasteiger partial charge in [0, 0.05) is 49.1 Å². The maximum absolute atomic E-state index is 11.6. The van der Waals surface area contributed by atoms with Gasteiger partial charge >= 0.3 is 41.5 Å². The van der Waals surface area contributed by atoms with Crippen LogP contribution in [-0.2, 0) is 52.9 Å². The molecule has 2 N–H and O–H groups in total. The Labute approximate surface area is 381 Å². The average molecular weight is 833 g/mol. The Morgan fingerprint density at radius 3 is 1.46 bits per heavy atom. The molecule has 0 amide bonds. The van der Waals surface area contributed by atoms with Crippen molar-refractivity contribution in [3.05, 3.63) is 129 Å². The van der Waals surface area contributed by atoms with E-state index < -0.39 is 5.97 Å². The van der Waals surface area contributed by atoms with E-state index >= 15 is 0 Å². The Balaban J connectivity index is 0.000000151. The fourth-order valence-electron chi connectivity index (χ4n) is 12.3. The molecule has 4 aromatic rings. The summed E-state index contributed by atoms with van der Waals surface area (Å²) >= 11 is 0. The Kier molecular flexibility index (Phi) is 11.7. The Bertz CT molecular complexity index is 2290. The third-order valence-corrected chi connectivity index (χ3v) is 15.6. The van der Waals surface area contributed by atoms with E-state index in [9.17, 15) is 9.59 Å². The summed E-state index contributed by atoms with van der Waals surface area (Å²) in [4.78, 5) is 27.8. The number of carbonyl (C=O) groups excluding carboxylic acids is 1. The zero-order chi connectivity index (χ0) is 39.9. The number of nitrogens with zero attached hydrogens (tertiary/aromatic N) is 2. The maximum atomic E-state index is 11.6. The molecule has 2 saturated heterocycles. The van der Waals surface area contributed by atoms with Crippen LogP contribution >= 0.6 is 0 Å². The molecule has 0 radical (unpaired) electrons. The molecule has 10 heteroatoms. The number of benzene rings is 4. The summed E-state index contributed by atoms with van der Waals surface area (Å²) in [5, 5.41) is 9.10. The van der Waals surface area contributed by atoms with Crippen LogP contribution in [0.1, 0.15) is 95.2 Å². The number of aryl methyl sites for hydroxylation is 2. The van der Waals surface area contributed by atoms with Gasteiger partial charge in [0.15, 0.2) is 0 Å². The number of hydrogen-bond acceptors (Lipinski definition) is 8. The molecule has 9 nitrogen and oxygen atoms in total. The number of likely N-dealkylation sites (tertiary alicyclic amines) is 2. The summed E-state index contributed by atoms with van der Waals surface area (Å²) in [7, 11) is 1.49. The van der Waals surface area contributed by atoms with E-state index in [1.54, 1.807) is 0 Å². The predicted octanol–water partition coefficient (Wildman–Crippen LogP) is 4.95. The summed E-state index contributed by atoms with van der Waals surface area (Å²) in [6.45, 7) is 4.55. The average Bonchev–Trinajstić information content (AvgIpc) is 3.96. The number of esters is 1. The SMILES string of the molecule is COC(=O)C1CC(N2CC3(Cc4ccc(OC5CCc6ccccc65)cc4C3)C2)C1.O=C(O)C1CC(N2CC3(Cc4ccc(OC5CCc6ccccc65)cc4C3)C2)C1.[Na+].[OH-]. The van der Waals surface area contributed by atoms with E-state index in [0.29, 0.717) is 22.9 Å². The van der Waals surface area contributed by atoms with Gasteiger partial charge < -0.3 is 24.8 Å². The van der Waals surface area contributed by atoms with Crippen molar-refractivity contribution < 1.29 is 63.9 Å². The number of rotatable bonds is 8. The predicted molar refractivity (Wildman–Crippen MR) is 227 cm³/mol. The molecule has 2 heterocycles. The molecule has 2 atom stereocenters. The summed E-state index contributed by atoms with van der Waals surface area (Å²) in [5.41, 5.74) is 12.2. The molecule has 314 valence electrons. The van der Waals surface area contributed by atoms with E-state index in [1.807, 2.05) is 0 Å². The third-order valence-electron chi connectivity index (χ3n) is 15.6. The van der Waals surface area contributed by atoms with Crippen LogP contribution in [0.25, 0.3) is 0 Å². The number of ether oxygens (including phenoxy) is 3. The molecule has 2 spiro atoms. The van der Waals surface area contributed by atoms with Crippen molar-refractivity contribution in [3.63, 3.8) is 0 Å².